The van der Waals surface area contributed by atoms with Crippen LogP contribution in [0.25, 0.3) is 0 Å². The summed E-state index contributed by atoms with van der Waals surface area (Å²) in [6.07, 6.45) is 1.16. The van der Waals surface area contributed by atoms with Gasteiger partial charge in [-0.3, -0.25) is 14.2 Å². The topological polar surface area (TPSA) is 64.7 Å². The molecule has 2 rings (SSSR count). The van der Waals surface area contributed by atoms with Crippen LogP contribution >= 0.6 is 0 Å². The van der Waals surface area contributed by atoms with Crippen LogP contribution in [0.4, 0.5) is 5.69 Å². The molecule has 2 aromatic rings. The Kier molecular flexibility index (Phi) is 5.47. The van der Waals surface area contributed by atoms with Gasteiger partial charge in [-0.25, -0.2) is 0 Å². The molecule has 0 fully saturated rings. The van der Waals surface area contributed by atoms with Gasteiger partial charge in [-0.15, -0.1) is 0 Å². The minimum absolute atomic E-state index is 0.0209. The molecule has 6 heteroatoms. The normalized spacial score (nSPS) is 11.3. The third kappa shape index (κ3) is 3.52. The van der Waals surface area contributed by atoms with Gasteiger partial charge in [-0.2, -0.15) is 10.2 Å². The van der Waals surface area contributed by atoms with Crippen molar-refractivity contribution < 1.29 is 4.79 Å². The summed E-state index contributed by atoms with van der Waals surface area (Å²) in [5.74, 6) is 0.0209. The molecule has 0 saturated heterocycles. The van der Waals surface area contributed by atoms with Crippen molar-refractivity contribution in [2.75, 3.05) is 5.32 Å². The predicted molar refractivity (Wildman–Crippen MR) is 96.4 cm³/mol. The summed E-state index contributed by atoms with van der Waals surface area (Å²) in [6, 6.07) is 0.277. The van der Waals surface area contributed by atoms with E-state index in [2.05, 4.69) is 43.2 Å². The number of aryl methyl sites for hydroxylation is 3. The van der Waals surface area contributed by atoms with E-state index in [9.17, 15) is 4.79 Å². The molecule has 0 atom stereocenters. The van der Waals surface area contributed by atoms with Crippen molar-refractivity contribution in [1.29, 1.82) is 0 Å². The summed E-state index contributed by atoms with van der Waals surface area (Å²) >= 11 is 0. The standard InChI is InChI=1S/C18H29N5O/c1-8-22-14(6)16(12(4)20-22)9-10-17(24)19-18-13(5)21-23(11(2)3)15(18)7/h11H,8-10H2,1-7H3,(H,19,24). The Balaban J connectivity index is 2.06. The zero-order valence-corrected chi connectivity index (χ0v) is 15.9. The molecule has 0 aliphatic carbocycles. The molecule has 0 saturated carbocycles. The lowest BCUT2D eigenvalue weighted by Crippen LogP contribution is -2.14. The predicted octanol–water partition coefficient (Wildman–Crippen LogP) is 3.49. The Bertz CT molecular complexity index is 739. The first-order valence-electron chi connectivity index (χ1n) is 8.64. The number of hydrogen-bond donors (Lipinski definition) is 1. The van der Waals surface area contributed by atoms with Crippen molar-refractivity contribution in [3.05, 3.63) is 28.3 Å². The Labute approximate surface area is 144 Å². The monoisotopic (exact) mass is 331 g/mol. The van der Waals surface area contributed by atoms with Crippen LogP contribution in [0.2, 0.25) is 0 Å². The molecular formula is C18H29N5O. The second-order valence-electron chi connectivity index (χ2n) is 6.60. The number of amides is 1. The van der Waals surface area contributed by atoms with Crippen molar-refractivity contribution in [3.8, 4) is 0 Å². The third-order valence-corrected chi connectivity index (χ3v) is 4.51. The van der Waals surface area contributed by atoms with Crippen molar-refractivity contribution in [2.24, 2.45) is 0 Å². The highest BCUT2D eigenvalue weighted by molar-refractivity contribution is 5.92. The highest BCUT2D eigenvalue weighted by Gasteiger charge is 2.17. The van der Waals surface area contributed by atoms with Gasteiger partial charge in [-0.1, -0.05) is 0 Å². The van der Waals surface area contributed by atoms with Gasteiger partial charge in [0.2, 0.25) is 5.91 Å². The van der Waals surface area contributed by atoms with Gasteiger partial charge in [0, 0.05) is 24.7 Å². The molecule has 2 aromatic heterocycles. The lowest BCUT2D eigenvalue weighted by molar-refractivity contribution is -0.116. The molecule has 0 aromatic carbocycles. The number of carbonyl (C=O) groups excluding carboxylic acids is 1. The number of hydrogen-bond acceptors (Lipinski definition) is 3. The fourth-order valence-corrected chi connectivity index (χ4v) is 3.19. The van der Waals surface area contributed by atoms with Gasteiger partial charge in [0.25, 0.3) is 0 Å². The first kappa shape index (κ1) is 18.2. The highest BCUT2D eigenvalue weighted by atomic mass is 16.1. The first-order valence-corrected chi connectivity index (χ1v) is 8.64. The average Bonchev–Trinajstić information content (AvgIpc) is 2.95. The Hall–Kier alpha value is -2.11. The highest BCUT2D eigenvalue weighted by Crippen LogP contribution is 2.23. The maximum atomic E-state index is 12.4. The van der Waals surface area contributed by atoms with Crippen LogP contribution in [-0.4, -0.2) is 25.5 Å². The zero-order valence-electron chi connectivity index (χ0n) is 15.9. The van der Waals surface area contributed by atoms with Crippen LogP contribution in [0.5, 0.6) is 0 Å². The van der Waals surface area contributed by atoms with Gasteiger partial charge in [-0.05, 0) is 60.5 Å². The fourth-order valence-electron chi connectivity index (χ4n) is 3.19. The van der Waals surface area contributed by atoms with E-state index < -0.39 is 0 Å². The molecule has 24 heavy (non-hydrogen) atoms. The van der Waals surface area contributed by atoms with E-state index in [0.717, 1.165) is 35.0 Å². The van der Waals surface area contributed by atoms with E-state index in [1.165, 1.54) is 5.56 Å². The summed E-state index contributed by atoms with van der Waals surface area (Å²) in [6.45, 7) is 15.1. The number of anilines is 1. The number of nitrogens with one attached hydrogen (secondary N) is 1. The second kappa shape index (κ2) is 7.20. The fraction of sp³-hybridized carbons (Fsp3) is 0.611. The van der Waals surface area contributed by atoms with Crippen LogP contribution in [0.1, 0.15) is 61.6 Å². The molecule has 1 N–H and O–H groups in total. The minimum atomic E-state index is 0.0209. The van der Waals surface area contributed by atoms with E-state index in [4.69, 9.17) is 0 Å². The molecule has 0 aliphatic heterocycles. The van der Waals surface area contributed by atoms with Crippen LogP contribution in [0.3, 0.4) is 0 Å². The van der Waals surface area contributed by atoms with Gasteiger partial charge in [0.15, 0.2) is 0 Å². The Morgan fingerprint density at radius 1 is 1.08 bits per heavy atom. The molecule has 6 nitrogen and oxygen atoms in total. The molecule has 0 spiro atoms. The van der Waals surface area contributed by atoms with E-state index >= 15 is 0 Å². The summed E-state index contributed by atoms with van der Waals surface area (Å²) in [5, 5.41) is 12.1. The molecule has 2 heterocycles. The van der Waals surface area contributed by atoms with Crippen LogP contribution < -0.4 is 5.32 Å². The number of nitrogens with zero attached hydrogens (tertiary/aromatic N) is 4. The van der Waals surface area contributed by atoms with Gasteiger partial charge in [0.1, 0.15) is 0 Å². The van der Waals surface area contributed by atoms with E-state index in [1.54, 1.807) is 0 Å². The quantitative estimate of drug-likeness (QED) is 0.881. The van der Waals surface area contributed by atoms with Crippen molar-refractivity contribution in [3.63, 3.8) is 0 Å². The molecule has 1 amide bonds. The smallest absolute Gasteiger partial charge is 0.224 e. The van der Waals surface area contributed by atoms with Crippen molar-refractivity contribution in [1.82, 2.24) is 19.6 Å². The minimum Gasteiger partial charge on any atom is -0.323 e. The Morgan fingerprint density at radius 3 is 2.25 bits per heavy atom. The van der Waals surface area contributed by atoms with Crippen molar-refractivity contribution in [2.45, 2.75) is 73.9 Å². The van der Waals surface area contributed by atoms with Gasteiger partial charge in [0.05, 0.1) is 22.8 Å². The van der Waals surface area contributed by atoms with Crippen LogP contribution in [-0.2, 0) is 17.8 Å². The lowest BCUT2D eigenvalue weighted by Gasteiger charge is -2.09. The molecule has 132 valence electrons. The largest absolute Gasteiger partial charge is 0.323 e. The average molecular weight is 331 g/mol. The molecule has 0 bridgehead atoms. The lowest BCUT2D eigenvalue weighted by atomic mass is 10.1. The van der Waals surface area contributed by atoms with E-state index in [1.807, 2.05) is 30.1 Å². The van der Waals surface area contributed by atoms with Crippen LogP contribution in [0.15, 0.2) is 0 Å². The molecule has 0 unspecified atom stereocenters. The summed E-state index contributed by atoms with van der Waals surface area (Å²) in [7, 11) is 0. The SMILES string of the molecule is CCn1nc(C)c(CCC(=O)Nc2c(C)nn(C(C)C)c2C)c1C. The maximum Gasteiger partial charge on any atom is 0.224 e. The molecule has 0 radical (unpaired) electrons. The van der Waals surface area contributed by atoms with E-state index in [0.29, 0.717) is 12.8 Å². The number of rotatable bonds is 6. The van der Waals surface area contributed by atoms with Gasteiger partial charge < -0.3 is 5.32 Å². The third-order valence-electron chi connectivity index (χ3n) is 4.51. The van der Waals surface area contributed by atoms with Gasteiger partial charge >= 0.3 is 0 Å². The van der Waals surface area contributed by atoms with Crippen LogP contribution in [0, 0.1) is 27.7 Å². The molecule has 0 aliphatic rings. The summed E-state index contributed by atoms with van der Waals surface area (Å²) < 4.78 is 3.94. The Morgan fingerprint density at radius 2 is 1.75 bits per heavy atom. The summed E-state index contributed by atoms with van der Waals surface area (Å²) in [4.78, 5) is 12.4. The second-order valence-corrected chi connectivity index (χ2v) is 6.60. The number of carbonyl (C=O) groups is 1. The number of aromatic nitrogens is 4. The zero-order chi connectivity index (χ0) is 18.0. The molecular weight excluding hydrogens is 302 g/mol. The summed E-state index contributed by atoms with van der Waals surface area (Å²) in [5.41, 5.74) is 6.05. The van der Waals surface area contributed by atoms with E-state index in [-0.39, 0.29) is 11.9 Å². The van der Waals surface area contributed by atoms with Crippen molar-refractivity contribution >= 4 is 11.6 Å². The first-order chi connectivity index (χ1) is 11.3. The maximum absolute atomic E-state index is 12.4.